The van der Waals surface area contributed by atoms with Crippen LogP contribution in [0.2, 0.25) is 0 Å². The number of carbonyl (C=O) groups is 6. The first-order valence-electron chi connectivity index (χ1n) is 17.4. The van der Waals surface area contributed by atoms with Crippen LogP contribution in [0, 0.1) is 0 Å². The Morgan fingerprint density at radius 1 is 0.684 bits per heavy atom. The van der Waals surface area contributed by atoms with Crippen LogP contribution >= 0.6 is 0 Å². The minimum absolute atomic E-state index is 0.157. The molecule has 13 N–H and O–H groups in total. The summed E-state index contributed by atoms with van der Waals surface area (Å²) in [6, 6.07) is -4.40. The second-order valence-electron chi connectivity index (χ2n) is 13.4. The maximum atomic E-state index is 12.2. The number of aliphatic hydroxyl groups is 8. The van der Waals surface area contributed by atoms with Crippen molar-refractivity contribution in [2.24, 2.45) is 5.73 Å². The van der Waals surface area contributed by atoms with Crippen LogP contribution in [0.15, 0.2) is 0 Å². The number of ether oxygens (including phenoxy) is 8. The third-order valence-electron chi connectivity index (χ3n) is 9.19. The summed E-state index contributed by atoms with van der Waals surface area (Å²) < 4.78 is 42.9. The maximum absolute atomic E-state index is 12.2. The molecule has 3 aliphatic heterocycles. The Morgan fingerprint density at radius 3 is 1.47 bits per heavy atom. The molecule has 0 bridgehead atoms. The quantitative estimate of drug-likeness (QED) is 0.0308. The fourth-order valence-corrected chi connectivity index (χ4v) is 6.84. The third-order valence-corrected chi connectivity index (χ3v) is 9.19. The van der Waals surface area contributed by atoms with Crippen LogP contribution in [0.1, 0.15) is 40.0 Å². The highest BCUT2D eigenvalue weighted by atomic mass is 16.9. The van der Waals surface area contributed by atoms with E-state index in [1.807, 2.05) is 0 Å². The molecule has 0 spiro atoms. The minimum Gasteiger partial charge on any atom is -0.410 e. The van der Waals surface area contributed by atoms with Gasteiger partial charge in [0.25, 0.3) is 19.4 Å². The van der Waals surface area contributed by atoms with Crippen molar-refractivity contribution in [3.05, 3.63) is 0 Å². The van der Waals surface area contributed by atoms with Crippen LogP contribution in [0.4, 0.5) is 0 Å². The van der Waals surface area contributed by atoms with Gasteiger partial charge in [-0.1, -0.05) is 0 Å². The predicted octanol–water partition coefficient (Wildman–Crippen LogP) is -8.14. The van der Waals surface area contributed by atoms with Crippen LogP contribution in [-0.2, 0) is 66.7 Å². The van der Waals surface area contributed by atoms with Crippen molar-refractivity contribution < 1.29 is 108 Å². The highest BCUT2D eigenvalue weighted by molar-refractivity contribution is 5.74. The first-order chi connectivity index (χ1) is 26.8. The fourth-order valence-electron chi connectivity index (χ4n) is 6.84. The van der Waals surface area contributed by atoms with Gasteiger partial charge < -0.3 is 100 Å². The van der Waals surface area contributed by atoms with E-state index in [1.54, 1.807) is 0 Å². The Bertz CT molecular complexity index is 1400. The van der Waals surface area contributed by atoms with Crippen molar-refractivity contribution in [1.29, 1.82) is 0 Å². The number of hydrogen-bond acceptors (Lipinski definition) is 23. The lowest BCUT2D eigenvalue weighted by atomic mass is 9.90. The SMILES string of the molecule is CC(=O)NC1C(O)CC(OC=O)(OC(CO)C(O)C2OC(OC=O)(OC(CO)C(O)C3OC(O)(OC=O)CC(O)C3NC(C)=O)CC(O)C2NC(C)=O)OC1CN. The second-order valence-corrected chi connectivity index (χ2v) is 13.4. The van der Waals surface area contributed by atoms with E-state index in [9.17, 15) is 69.6 Å². The van der Waals surface area contributed by atoms with Gasteiger partial charge in [0, 0.05) is 27.3 Å². The molecule has 0 aromatic carbocycles. The zero-order chi connectivity index (χ0) is 42.9. The van der Waals surface area contributed by atoms with Gasteiger partial charge in [0.2, 0.25) is 17.7 Å². The molecule has 3 saturated heterocycles. The normalized spacial score (nSPS) is 37.6. The molecule has 16 unspecified atom stereocenters. The lowest BCUT2D eigenvalue weighted by Crippen LogP contribution is -2.69. The lowest BCUT2D eigenvalue weighted by Gasteiger charge is -2.50. The van der Waals surface area contributed by atoms with Gasteiger partial charge in [-0.15, -0.1) is 0 Å². The van der Waals surface area contributed by atoms with Crippen LogP contribution in [-0.4, -0.2) is 195 Å². The first-order valence-corrected chi connectivity index (χ1v) is 17.4. The molecule has 326 valence electrons. The molecule has 3 aliphatic rings. The fraction of sp³-hybridized carbons (Fsp3) is 0.806. The van der Waals surface area contributed by atoms with Crippen molar-refractivity contribution >= 4 is 37.1 Å². The van der Waals surface area contributed by atoms with Crippen molar-refractivity contribution in [3.8, 4) is 0 Å². The van der Waals surface area contributed by atoms with Gasteiger partial charge in [0.15, 0.2) is 0 Å². The molecule has 0 saturated carbocycles. The van der Waals surface area contributed by atoms with E-state index in [0.29, 0.717) is 0 Å². The number of nitrogens with two attached hydrogens (primary N) is 1. The number of amides is 3. The topological polar surface area (TPSA) is 400 Å². The average molecular weight is 831 g/mol. The van der Waals surface area contributed by atoms with Crippen molar-refractivity contribution in [1.82, 2.24) is 16.0 Å². The zero-order valence-corrected chi connectivity index (χ0v) is 30.9. The van der Waals surface area contributed by atoms with Gasteiger partial charge in [0.05, 0.1) is 75.0 Å². The number of aliphatic hydroxyl groups excluding tert-OH is 7. The van der Waals surface area contributed by atoms with E-state index < -0.39 is 154 Å². The summed E-state index contributed by atoms with van der Waals surface area (Å²) in [4.78, 5) is 70.5. The van der Waals surface area contributed by atoms with Gasteiger partial charge in [-0.05, 0) is 0 Å². The lowest BCUT2D eigenvalue weighted by molar-refractivity contribution is -0.442. The summed E-state index contributed by atoms with van der Waals surface area (Å²) in [6.45, 7) is -0.309. The van der Waals surface area contributed by atoms with Gasteiger partial charge in [-0.25, -0.2) is 0 Å². The molecule has 0 aromatic rings. The summed E-state index contributed by atoms with van der Waals surface area (Å²) in [6.07, 6.45) is -21.8. The highest BCUT2D eigenvalue weighted by Gasteiger charge is 2.59. The molecule has 16 atom stereocenters. The van der Waals surface area contributed by atoms with Crippen molar-refractivity contribution in [2.45, 2.75) is 137 Å². The summed E-state index contributed by atoms with van der Waals surface area (Å²) in [5, 5.41) is 94.5. The maximum Gasteiger partial charge on any atom is 0.332 e. The molecular formula is C31H50N4O22. The summed E-state index contributed by atoms with van der Waals surface area (Å²) in [5.74, 6) is -10.6. The zero-order valence-electron chi connectivity index (χ0n) is 30.9. The van der Waals surface area contributed by atoms with Gasteiger partial charge >= 0.3 is 17.9 Å². The highest BCUT2D eigenvalue weighted by Crippen LogP contribution is 2.39. The summed E-state index contributed by atoms with van der Waals surface area (Å²) >= 11 is 0. The van der Waals surface area contributed by atoms with Crippen LogP contribution < -0.4 is 21.7 Å². The van der Waals surface area contributed by atoms with E-state index in [0.717, 1.165) is 20.8 Å². The Labute approximate surface area is 323 Å². The molecule has 3 fully saturated rings. The molecule has 3 heterocycles. The number of nitrogens with one attached hydrogen (secondary N) is 3. The van der Waals surface area contributed by atoms with E-state index in [-0.39, 0.29) is 19.4 Å². The van der Waals surface area contributed by atoms with Gasteiger partial charge in [0.1, 0.15) is 36.6 Å². The van der Waals surface area contributed by atoms with Gasteiger partial charge in [-0.2, -0.15) is 0 Å². The largest absolute Gasteiger partial charge is 0.410 e. The molecule has 3 rings (SSSR count). The minimum atomic E-state index is -2.94. The molecule has 57 heavy (non-hydrogen) atoms. The molecular weight excluding hydrogens is 780 g/mol. The van der Waals surface area contributed by atoms with Crippen molar-refractivity contribution in [3.63, 3.8) is 0 Å². The molecule has 3 amide bonds. The summed E-state index contributed by atoms with van der Waals surface area (Å²) in [7, 11) is 0. The van der Waals surface area contributed by atoms with E-state index in [4.69, 9.17) is 38.9 Å². The average Bonchev–Trinajstić information content (AvgIpc) is 3.12. The standard InChI is InChI=1S/C31H50N4O22/c1-13(41)33-22-17(45)5-30(51-11-39,53-19(22)7-32)54-21(9-37)26(48)28-24(35-15(3)43)18(46)6-31(57-28,52-12-40)55-20(8-36)25(47)27-23(34-14(2)42)16(44)4-29(49,56-27)50-10-38/h10-12,16-28,36-37,44-49H,4-9,32H2,1-3H3,(H,33,41)(H,34,42)(H,35,43). The monoisotopic (exact) mass is 830 g/mol. The Morgan fingerprint density at radius 2 is 1.07 bits per heavy atom. The molecule has 26 nitrogen and oxygen atoms in total. The van der Waals surface area contributed by atoms with E-state index >= 15 is 0 Å². The molecule has 0 aliphatic carbocycles. The smallest absolute Gasteiger partial charge is 0.332 e. The summed E-state index contributed by atoms with van der Waals surface area (Å²) in [5.41, 5.74) is 5.77. The van der Waals surface area contributed by atoms with Crippen LogP contribution in [0.25, 0.3) is 0 Å². The molecule has 0 radical (unpaired) electrons. The Balaban J connectivity index is 2.02. The first kappa shape index (κ1) is 47.6. The number of carbonyl (C=O) groups excluding carboxylic acids is 6. The number of hydrogen-bond donors (Lipinski definition) is 12. The Hall–Kier alpha value is -3.74. The van der Waals surface area contributed by atoms with Crippen LogP contribution in [0.5, 0.6) is 0 Å². The van der Waals surface area contributed by atoms with E-state index in [2.05, 4.69) is 20.7 Å². The van der Waals surface area contributed by atoms with E-state index in [1.165, 1.54) is 0 Å². The molecule has 0 aromatic heterocycles. The number of rotatable bonds is 20. The second kappa shape index (κ2) is 20.3. The van der Waals surface area contributed by atoms with Gasteiger partial charge in [-0.3, -0.25) is 28.8 Å². The predicted molar refractivity (Wildman–Crippen MR) is 176 cm³/mol. The van der Waals surface area contributed by atoms with Crippen molar-refractivity contribution in [2.75, 3.05) is 19.8 Å². The third kappa shape index (κ3) is 11.7. The van der Waals surface area contributed by atoms with Crippen LogP contribution in [0.3, 0.4) is 0 Å². The molecule has 26 heteroatoms. The Kier molecular flexibility index (Phi) is 17.0.